The van der Waals surface area contributed by atoms with E-state index in [2.05, 4.69) is 37.8 Å². The van der Waals surface area contributed by atoms with Crippen molar-refractivity contribution in [3.63, 3.8) is 0 Å². The van der Waals surface area contributed by atoms with Crippen molar-refractivity contribution in [2.75, 3.05) is 18.5 Å². The molecule has 1 spiro atoms. The van der Waals surface area contributed by atoms with Crippen molar-refractivity contribution in [3.8, 4) is 17.6 Å². The molecule has 5 heterocycles. The molecule has 14 heteroatoms. The summed E-state index contributed by atoms with van der Waals surface area (Å²) in [4.78, 5) is 56.4. The molecule has 6 atom stereocenters. The van der Waals surface area contributed by atoms with Gasteiger partial charge < -0.3 is 30.2 Å². The number of benzene rings is 6. The highest BCUT2D eigenvalue weighted by atomic mass is 16.6. The molecule has 66 heavy (non-hydrogen) atoms. The zero-order valence-electron chi connectivity index (χ0n) is 35.4. The van der Waals surface area contributed by atoms with Crippen LogP contribution in [0.4, 0.5) is 5.69 Å². The molecule has 3 aliphatic heterocycles. The average molecular weight is 875 g/mol. The Kier molecular flexibility index (Phi) is 10.3. The number of nitrogens with one attached hydrogen (secondary N) is 3. The molecule has 11 rings (SSSR count). The fourth-order valence-electron chi connectivity index (χ4n) is 10.2. The van der Waals surface area contributed by atoms with E-state index in [1.165, 1.54) is 0 Å². The molecule has 0 unspecified atom stereocenters. The van der Waals surface area contributed by atoms with E-state index in [4.69, 9.17) is 14.5 Å². The van der Waals surface area contributed by atoms with Crippen molar-refractivity contribution < 1.29 is 29.0 Å². The van der Waals surface area contributed by atoms with Gasteiger partial charge in [0.1, 0.15) is 47.8 Å². The van der Waals surface area contributed by atoms with Gasteiger partial charge in [-0.1, -0.05) is 114 Å². The van der Waals surface area contributed by atoms with Crippen molar-refractivity contribution in [2.24, 2.45) is 5.92 Å². The van der Waals surface area contributed by atoms with Crippen LogP contribution in [0.1, 0.15) is 51.8 Å². The van der Waals surface area contributed by atoms with E-state index in [1.807, 2.05) is 138 Å². The molecule has 2 saturated heterocycles. The largest absolute Gasteiger partial charge is 0.491 e. The van der Waals surface area contributed by atoms with Gasteiger partial charge in [0, 0.05) is 11.3 Å². The Morgan fingerprint density at radius 3 is 2.32 bits per heavy atom. The number of aliphatic hydroxyl groups is 1. The molecular formula is C52H42N8O6. The first-order valence-electron chi connectivity index (χ1n) is 21.8. The first-order chi connectivity index (χ1) is 32.4. The molecule has 0 saturated carbocycles. The van der Waals surface area contributed by atoms with Gasteiger partial charge in [0.15, 0.2) is 0 Å². The maximum atomic E-state index is 15.6. The van der Waals surface area contributed by atoms with E-state index in [1.54, 1.807) is 22.9 Å². The van der Waals surface area contributed by atoms with Gasteiger partial charge in [0.2, 0.25) is 11.8 Å². The number of aromatic nitrogens is 5. The number of fused-ring (bicyclic) bond motifs is 5. The Balaban J connectivity index is 1.11. The highest BCUT2D eigenvalue weighted by Crippen LogP contribution is 2.65. The van der Waals surface area contributed by atoms with Gasteiger partial charge in [-0.15, -0.1) is 5.10 Å². The summed E-state index contributed by atoms with van der Waals surface area (Å²) in [5.41, 5.74) is 5.26. The standard InChI is InChI=1S/C52H42N8O6/c61-28-29-65-36-24-22-35(23-25-36)48-52(37-30-32(21-26-38(37)56-51(52)64)12-11-27-59-42-20-10-9-19-41(42)57-58-59)44(49(62)53-31-43-54-39-17-7-8-18-40(39)55-43)46-50(63)66-47(34-15-5-2-6-16-34)45(60(46)48)33-13-3-1-4-14-33/h1-10,13-26,30,44-48,61H,27-29,31H2,(H,53,62)(H,54,55)(H,56,64)/t44-,45-,46-,47+,48+,52-/m1/s1. The van der Waals surface area contributed by atoms with Gasteiger partial charge in [-0.3, -0.25) is 19.3 Å². The molecule has 2 amide bonds. The van der Waals surface area contributed by atoms with Crippen LogP contribution in [0.25, 0.3) is 22.1 Å². The minimum atomic E-state index is -1.73. The SMILES string of the molecule is O=C1O[C@@H](c2ccccc2)[C@@H](c2ccccc2)N2[C@@H](c3ccc(OCCO)cc3)[C@]3(C(=O)Nc4ccc(C#CCn5nnc6ccccc65)cc43)[C@@H](C(=O)NCc3nc4ccccc4[nH]3)[C@H]12. The number of carbonyl (C=O) groups excluding carboxylic acids is 3. The van der Waals surface area contributed by atoms with Crippen LogP contribution < -0.4 is 15.4 Å². The molecule has 6 aromatic carbocycles. The lowest BCUT2D eigenvalue weighted by Crippen LogP contribution is -2.54. The van der Waals surface area contributed by atoms with Crippen molar-refractivity contribution in [1.82, 2.24) is 35.2 Å². The summed E-state index contributed by atoms with van der Waals surface area (Å²) in [7, 11) is 0. The quantitative estimate of drug-likeness (QED) is 0.0899. The molecule has 14 nitrogen and oxygen atoms in total. The number of rotatable bonds is 10. The minimum absolute atomic E-state index is 0.00483. The Morgan fingerprint density at radius 1 is 0.818 bits per heavy atom. The smallest absolute Gasteiger partial charge is 0.324 e. The Morgan fingerprint density at radius 2 is 1.55 bits per heavy atom. The number of aliphatic hydroxyl groups excluding tert-OH is 1. The van der Waals surface area contributed by atoms with Crippen molar-refractivity contribution in [1.29, 1.82) is 0 Å². The highest BCUT2D eigenvalue weighted by molar-refractivity contribution is 6.12. The first kappa shape index (κ1) is 40.6. The lowest BCUT2D eigenvalue weighted by atomic mass is 9.65. The second-order valence-corrected chi connectivity index (χ2v) is 16.6. The van der Waals surface area contributed by atoms with Crippen LogP contribution in [0.3, 0.4) is 0 Å². The van der Waals surface area contributed by atoms with Crippen LogP contribution in [0.2, 0.25) is 0 Å². The Bertz CT molecular complexity index is 3170. The number of esters is 1. The van der Waals surface area contributed by atoms with E-state index in [0.717, 1.165) is 33.2 Å². The van der Waals surface area contributed by atoms with Crippen molar-refractivity contribution in [2.45, 2.75) is 42.7 Å². The number of morpholine rings is 1. The number of para-hydroxylation sites is 3. The molecule has 0 radical (unpaired) electrons. The first-order valence-corrected chi connectivity index (χ1v) is 21.8. The maximum Gasteiger partial charge on any atom is 0.324 e. The summed E-state index contributed by atoms with van der Waals surface area (Å²) < 4.78 is 14.1. The van der Waals surface area contributed by atoms with Crippen molar-refractivity contribution in [3.05, 3.63) is 185 Å². The molecular weight excluding hydrogens is 833 g/mol. The summed E-state index contributed by atoms with van der Waals surface area (Å²) in [6.45, 7) is 0.158. The summed E-state index contributed by atoms with van der Waals surface area (Å²) in [5.74, 6) is 4.58. The zero-order valence-corrected chi connectivity index (χ0v) is 35.4. The molecule has 4 N–H and O–H groups in total. The predicted molar refractivity (Wildman–Crippen MR) is 244 cm³/mol. The van der Waals surface area contributed by atoms with E-state index < -0.39 is 53.3 Å². The third-order valence-corrected chi connectivity index (χ3v) is 12.9. The average Bonchev–Trinajstić information content (AvgIpc) is 4.12. The summed E-state index contributed by atoms with van der Waals surface area (Å²) in [6, 6.07) is 44.4. The number of H-pyrrole nitrogens is 1. The molecule has 2 aromatic heterocycles. The Labute approximate surface area is 378 Å². The lowest BCUT2D eigenvalue weighted by Gasteiger charge is -2.46. The van der Waals surface area contributed by atoms with E-state index in [9.17, 15) is 5.11 Å². The molecule has 8 aromatic rings. The number of ether oxygens (including phenoxy) is 2. The topological polar surface area (TPSA) is 177 Å². The second-order valence-electron chi connectivity index (χ2n) is 16.6. The normalized spacial score (nSPS) is 22.0. The molecule has 0 bridgehead atoms. The number of aromatic amines is 1. The summed E-state index contributed by atoms with van der Waals surface area (Å²) in [6.07, 6.45) is -0.824. The third-order valence-electron chi connectivity index (χ3n) is 12.9. The lowest BCUT2D eigenvalue weighted by molar-refractivity contribution is -0.178. The van der Waals surface area contributed by atoms with Crippen LogP contribution in [-0.2, 0) is 37.6 Å². The van der Waals surface area contributed by atoms with E-state index in [0.29, 0.717) is 34.0 Å². The monoisotopic (exact) mass is 874 g/mol. The third kappa shape index (κ3) is 6.84. The van der Waals surface area contributed by atoms with E-state index in [-0.39, 0.29) is 26.3 Å². The molecule has 3 aliphatic rings. The van der Waals surface area contributed by atoms with E-state index >= 15 is 14.4 Å². The number of amides is 2. The van der Waals surface area contributed by atoms with Crippen LogP contribution in [0.15, 0.2) is 152 Å². The summed E-state index contributed by atoms with van der Waals surface area (Å²) in [5, 5.41) is 24.4. The minimum Gasteiger partial charge on any atom is -0.491 e. The Hall–Kier alpha value is -8.12. The van der Waals surface area contributed by atoms with Crippen LogP contribution in [0, 0.1) is 17.8 Å². The fraction of sp³-hybridized carbons (Fsp3) is 0.192. The predicted octanol–water partition coefficient (Wildman–Crippen LogP) is 6.32. The number of imidazole rings is 1. The number of cyclic esters (lactones) is 1. The van der Waals surface area contributed by atoms with Gasteiger partial charge in [-0.05, 0) is 76.9 Å². The second kappa shape index (κ2) is 16.8. The zero-order chi connectivity index (χ0) is 44.8. The maximum absolute atomic E-state index is 15.6. The van der Waals surface area contributed by atoms with Gasteiger partial charge in [-0.2, -0.15) is 0 Å². The van der Waals surface area contributed by atoms with Crippen LogP contribution in [-0.4, -0.2) is 72.0 Å². The van der Waals surface area contributed by atoms with Gasteiger partial charge in [-0.25, -0.2) is 9.67 Å². The molecule has 326 valence electrons. The van der Waals surface area contributed by atoms with Gasteiger partial charge >= 0.3 is 5.97 Å². The number of hydrogen-bond acceptors (Lipinski definition) is 10. The van der Waals surface area contributed by atoms with Crippen molar-refractivity contribution >= 4 is 45.5 Å². The van der Waals surface area contributed by atoms with Crippen LogP contribution in [0.5, 0.6) is 5.75 Å². The molecule has 0 aliphatic carbocycles. The number of hydrogen-bond donors (Lipinski definition) is 4. The van der Waals surface area contributed by atoms with Gasteiger partial charge in [0.05, 0.1) is 47.7 Å². The highest BCUT2D eigenvalue weighted by Gasteiger charge is 2.74. The number of carbonyl (C=O) groups is 3. The number of nitrogens with zero attached hydrogens (tertiary/aromatic N) is 5. The number of anilines is 1. The van der Waals surface area contributed by atoms with Crippen LogP contribution >= 0.6 is 0 Å². The summed E-state index contributed by atoms with van der Waals surface area (Å²) >= 11 is 0. The van der Waals surface area contributed by atoms with Gasteiger partial charge in [0.25, 0.3) is 0 Å². The molecule has 2 fully saturated rings. The fourth-order valence-corrected chi connectivity index (χ4v) is 10.2.